The van der Waals surface area contributed by atoms with Gasteiger partial charge in [-0.1, -0.05) is 34.1 Å². The van der Waals surface area contributed by atoms with Gasteiger partial charge in [0.2, 0.25) is 10.0 Å². The number of benzene rings is 1. The van der Waals surface area contributed by atoms with Crippen LogP contribution in [0.15, 0.2) is 28.7 Å². The van der Waals surface area contributed by atoms with E-state index in [-0.39, 0.29) is 6.04 Å². The van der Waals surface area contributed by atoms with E-state index >= 15 is 0 Å². The lowest BCUT2D eigenvalue weighted by atomic mass is 9.99. The van der Waals surface area contributed by atoms with E-state index in [4.69, 9.17) is 0 Å². The monoisotopic (exact) mass is 374 g/mol. The molecule has 2 atom stereocenters. The molecule has 0 spiro atoms. The maximum Gasteiger partial charge on any atom is 0.211 e. The molecule has 4 nitrogen and oxygen atoms in total. The minimum atomic E-state index is -3.06. The fourth-order valence-corrected chi connectivity index (χ4v) is 4.34. The van der Waals surface area contributed by atoms with Crippen LogP contribution < -0.4 is 5.32 Å². The average Bonchev–Trinajstić information content (AvgIpc) is 2.45. The van der Waals surface area contributed by atoms with Gasteiger partial charge in [-0.3, -0.25) is 0 Å². The van der Waals surface area contributed by atoms with Crippen LogP contribution in [0, 0.1) is 5.92 Å². The van der Waals surface area contributed by atoms with Crippen molar-refractivity contribution in [1.82, 2.24) is 9.62 Å². The third-order valence-corrected chi connectivity index (χ3v) is 6.03. The normalized spacial score (nSPS) is 22.1. The summed E-state index contributed by atoms with van der Waals surface area (Å²) in [5, 5.41) is 3.53. The van der Waals surface area contributed by atoms with Crippen molar-refractivity contribution in [2.75, 3.05) is 25.9 Å². The molecule has 1 unspecified atom stereocenters. The van der Waals surface area contributed by atoms with Gasteiger partial charge in [0.25, 0.3) is 0 Å². The van der Waals surface area contributed by atoms with E-state index in [1.807, 2.05) is 18.2 Å². The van der Waals surface area contributed by atoms with Gasteiger partial charge in [0.05, 0.1) is 6.26 Å². The second-order valence-corrected chi connectivity index (χ2v) is 8.62. The molecule has 1 N–H and O–H groups in total. The second kappa shape index (κ2) is 7.22. The SMILES string of the molecule is C[C@H](NCC1CCCN(S(C)(=O)=O)C1)c1ccccc1Br. The van der Waals surface area contributed by atoms with Crippen molar-refractivity contribution in [1.29, 1.82) is 0 Å². The molecule has 1 aromatic carbocycles. The van der Waals surface area contributed by atoms with E-state index in [1.54, 1.807) is 4.31 Å². The third kappa shape index (κ3) is 4.77. The molecule has 0 amide bonds. The first-order valence-corrected chi connectivity index (χ1v) is 9.95. The Balaban J connectivity index is 1.90. The molecule has 1 saturated heterocycles. The number of nitrogens with one attached hydrogen (secondary N) is 1. The second-order valence-electron chi connectivity index (χ2n) is 5.78. The van der Waals surface area contributed by atoms with Crippen molar-refractivity contribution in [3.05, 3.63) is 34.3 Å². The van der Waals surface area contributed by atoms with Gasteiger partial charge >= 0.3 is 0 Å². The summed E-state index contributed by atoms with van der Waals surface area (Å²) in [5.74, 6) is 0.387. The van der Waals surface area contributed by atoms with Gasteiger partial charge in [-0.2, -0.15) is 0 Å². The van der Waals surface area contributed by atoms with Crippen LogP contribution in [0.2, 0.25) is 0 Å². The molecule has 0 aromatic heterocycles. The van der Waals surface area contributed by atoms with Crippen molar-refractivity contribution in [3.8, 4) is 0 Å². The van der Waals surface area contributed by atoms with Crippen LogP contribution in [-0.2, 0) is 10.0 Å². The molecule has 1 fully saturated rings. The van der Waals surface area contributed by atoms with Crippen LogP contribution in [0.25, 0.3) is 0 Å². The predicted molar refractivity (Wildman–Crippen MR) is 89.7 cm³/mol. The lowest BCUT2D eigenvalue weighted by Gasteiger charge is -2.31. The van der Waals surface area contributed by atoms with Crippen molar-refractivity contribution in [2.45, 2.75) is 25.8 Å². The van der Waals surface area contributed by atoms with Crippen LogP contribution in [0.3, 0.4) is 0 Å². The molecule has 118 valence electrons. The molecule has 6 heteroatoms. The van der Waals surface area contributed by atoms with E-state index in [1.165, 1.54) is 11.8 Å². The summed E-state index contributed by atoms with van der Waals surface area (Å²) in [6.45, 7) is 4.27. The highest BCUT2D eigenvalue weighted by Crippen LogP contribution is 2.24. The number of rotatable bonds is 5. The molecule has 1 aromatic rings. The van der Waals surface area contributed by atoms with Crippen LogP contribution >= 0.6 is 15.9 Å². The zero-order valence-electron chi connectivity index (χ0n) is 12.5. The number of hydrogen-bond donors (Lipinski definition) is 1. The quantitative estimate of drug-likeness (QED) is 0.861. The van der Waals surface area contributed by atoms with Crippen LogP contribution in [0.1, 0.15) is 31.4 Å². The zero-order valence-corrected chi connectivity index (χ0v) is 15.0. The Morgan fingerprint density at radius 3 is 2.81 bits per heavy atom. The molecule has 0 bridgehead atoms. The van der Waals surface area contributed by atoms with E-state index in [2.05, 4.69) is 34.2 Å². The standard InChI is InChI=1S/C15H23BrN2O2S/c1-12(14-7-3-4-8-15(14)16)17-10-13-6-5-9-18(11-13)21(2,19)20/h3-4,7-8,12-13,17H,5-6,9-11H2,1-2H3/t12-,13?/m0/s1. The number of sulfonamides is 1. The number of hydrogen-bond acceptors (Lipinski definition) is 3. The minimum absolute atomic E-state index is 0.245. The molecule has 21 heavy (non-hydrogen) atoms. The lowest BCUT2D eigenvalue weighted by molar-refractivity contribution is 0.257. The summed E-state index contributed by atoms with van der Waals surface area (Å²) in [6.07, 6.45) is 3.33. The van der Waals surface area contributed by atoms with E-state index in [0.717, 1.165) is 23.9 Å². The van der Waals surface area contributed by atoms with E-state index < -0.39 is 10.0 Å². The summed E-state index contributed by atoms with van der Waals surface area (Å²) in [5.41, 5.74) is 1.23. The summed E-state index contributed by atoms with van der Waals surface area (Å²) in [4.78, 5) is 0. The summed E-state index contributed by atoms with van der Waals surface area (Å²) < 4.78 is 26.0. The summed E-state index contributed by atoms with van der Waals surface area (Å²) >= 11 is 3.57. The first-order valence-electron chi connectivity index (χ1n) is 7.31. The molecule has 0 aliphatic carbocycles. The highest BCUT2D eigenvalue weighted by atomic mass is 79.9. The zero-order chi connectivity index (χ0) is 15.5. The molecule has 0 saturated carbocycles. The maximum atomic E-state index is 11.6. The van der Waals surface area contributed by atoms with Gasteiger partial charge < -0.3 is 5.32 Å². The Labute approximate surface area is 136 Å². The number of halogens is 1. The largest absolute Gasteiger partial charge is 0.310 e. The van der Waals surface area contributed by atoms with Gasteiger partial charge in [-0.25, -0.2) is 12.7 Å². The van der Waals surface area contributed by atoms with Gasteiger partial charge in [0.15, 0.2) is 0 Å². The highest BCUT2D eigenvalue weighted by molar-refractivity contribution is 9.10. The fourth-order valence-electron chi connectivity index (χ4n) is 2.77. The third-order valence-electron chi connectivity index (χ3n) is 4.04. The first-order chi connectivity index (χ1) is 9.88. The Kier molecular flexibility index (Phi) is 5.82. The van der Waals surface area contributed by atoms with Gasteiger partial charge in [-0.15, -0.1) is 0 Å². The van der Waals surface area contributed by atoms with Crippen molar-refractivity contribution in [3.63, 3.8) is 0 Å². The van der Waals surface area contributed by atoms with Gasteiger partial charge in [0.1, 0.15) is 0 Å². The number of piperidine rings is 1. The topological polar surface area (TPSA) is 49.4 Å². The smallest absolute Gasteiger partial charge is 0.211 e. The fraction of sp³-hybridized carbons (Fsp3) is 0.600. The molecule has 1 aliphatic rings. The first kappa shape index (κ1) is 16.9. The summed E-state index contributed by atoms with van der Waals surface area (Å²) in [6, 6.07) is 8.43. The molecular formula is C15H23BrN2O2S. The predicted octanol–water partition coefficient (Wildman–Crippen LogP) is 2.77. The summed E-state index contributed by atoms with van der Waals surface area (Å²) in [7, 11) is -3.06. The van der Waals surface area contributed by atoms with Crippen LogP contribution in [-0.4, -0.2) is 38.6 Å². The highest BCUT2D eigenvalue weighted by Gasteiger charge is 2.26. The molecule has 1 heterocycles. The lowest BCUT2D eigenvalue weighted by Crippen LogP contribution is -2.42. The molecule has 0 radical (unpaired) electrons. The maximum absolute atomic E-state index is 11.6. The van der Waals surface area contributed by atoms with Crippen molar-refractivity contribution in [2.24, 2.45) is 5.92 Å². The van der Waals surface area contributed by atoms with Crippen LogP contribution in [0.5, 0.6) is 0 Å². The molecular weight excluding hydrogens is 352 g/mol. The Bertz CT molecular complexity index is 577. The Morgan fingerprint density at radius 2 is 2.14 bits per heavy atom. The van der Waals surface area contributed by atoms with Crippen molar-refractivity contribution >= 4 is 26.0 Å². The Morgan fingerprint density at radius 1 is 1.43 bits per heavy atom. The Hall–Kier alpha value is -0.430. The van der Waals surface area contributed by atoms with Gasteiger partial charge in [0, 0.05) is 23.6 Å². The van der Waals surface area contributed by atoms with E-state index in [9.17, 15) is 8.42 Å². The van der Waals surface area contributed by atoms with Gasteiger partial charge in [-0.05, 0) is 43.9 Å². The number of nitrogens with zero attached hydrogens (tertiary/aromatic N) is 1. The molecule has 2 rings (SSSR count). The van der Waals surface area contributed by atoms with Crippen molar-refractivity contribution < 1.29 is 8.42 Å². The van der Waals surface area contributed by atoms with Crippen LogP contribution in [0.4, 0.5) is 0 Å². The minimum Gasteiger partial charge on any atom is -0.310 e. The van der Waals surface area contributed by atoms with E-state index in [0.29, 0.717) is 19.0 Å². The molecule has 1 aliphatic heterocycles. The average molecular weight is 375 g/mol.